The molecule has 1 aliphatic rings. The number of nitrogens with zero attached hydrogens (tertiary/aromatic N) is 1. The van der Waals surface area contributed by atoms with Gasteiger partial charge in [-0.1, -0.05) is 37.2 Å². The molecule has 7 heteroatoms. The number of thioether (sulfide) groups is 1. The lowest BCUT2D eigenvalue weighted by atomic mass is 9.98. The van der Waals surface area contributed by atoms with E-state index in [0.29, 0.717) is 6.61 Å². The van der Waals surface area contributed by atoms with Gasteiger partial charge in [-0.2, -0.15) is 0 Å². The van der Waals surface area contributed by atoms with Crippen LogP contribution in [0.3, 0.4) is 0 Å². The van der Waals surface area contributed by atoms with Gasteiger partial charge < -0.3 is 10.5 Å². The van der Waals surface area contributed by atoms with E-state index < -0.39 is 10.2 Å². The molecule has 0 bridgehead atoms. The van der Waals surface area contributed by atoms with Crippen LogP contribution >= 0.6 is 11.8 Å². The molecule has 0 amide bonds. The summed E-state index contributed by atoms with van der Waals surface area (Å²) < 4.78 is 5.52. The van der Waals surface area contributed by atoms with Gasteiger partial charge in [0.1, 0.15) is 0 Å². The molecule has 0 saturated heterocycles. The molecule has 0 spiro atoms. The van der Waals surface area contributed by atoms with Crippen LogP contribution in [0.1, 0.15) is 25.3 Å². The maximum absolute atomic E-state index is 12.4. The molecule has 0 radical (unpaired) electrons. The van der Waals surface area contributed by atoms with Crippen molar-refractivity contribution < 1.29 is 14.5 Å². The van der Waals surface area contributed by atoms with E-state index in [9.17, 15) is 14.9 Å². The Bertz CT molecular complexity index is 685. The second-order valence-electron chi connectivity index (χ2n) is 4.99. The smallest absolute Gasteiger partial charge is 0.318 e. The number of hydrogen-bond donors (Lipinski definition) is 1. The molecule has 2 rings (SSSR count). The van der Waals surface area contributed by atoms with Crippen molar-refractivity contribution in [1.82, 2.24) is 0 Å². The zero-order chi connectivity index (χ0) is 17.0. The van der Waals surface area contributed by atoms with E-state index >= 15 is 0 Å². The Hall–Kier alpha value is -2.28. The number of benzene rings is 1. The average Bonchev–Trinajstić information content (AvgIpc) is 2.81. The first kappa shape index (κ1) is 17.1. The third-order valence-electron chi connectivity index (χ3n) is 3.43. The van der Waals surface area contributed by atoms with Crippen LogP contribution in [-0.4, -0.2) is 22.6 Å². The lowest BCUT2D eigenvalue weighted by Crippen LogP contribution is -2.12. The summed E-state index contributed by atoms with van der Waals surface area (Å²) in [6.07, 6.45) is 3.20. The lowest BCUT2D eigenvalue weighted by molar-refractivity contribution is -0.386. The monoisotopic (exact) mass is 334 g/mol. The third-order valence-corrected chi connectivity index (χ3v) is 4.54. The molecule has 2 N–H and O–H groups in total. The number of Topliss-reactive ketones (excluding diaryl/α,β-unsaturated/α-hetero) is 1. The van der Waals surface area contributed by atoms with Gasteiger partial charge in [0.15, 0.2) is 11.5 Å². The van der Waals surface area contributed by atoms with Crippen LogP contribution in [-0.2, 0) is 4.79 Å². The zero-order valence-electron chi connectivity index (χ0n) is 12.8. The Labute approximate surface area is 138 Å². The van der Waals surface area contributed by atoms with Gasteiger partial charge in [0, 0.05) is 0 Å². The molecule has 1 aromatic carbocycles. The summed E-state index contributed by atoms with van der Waals surface area (Å²) in [5.41, 5.74) is 6.07. The first-order valence-electron chi connectivity index (χ1n) is 7.25. The topological polar surface area (TPSA) is 95.5 Å². The highest BCUT2D eigenvalue weighted by Gasteiger charge is 2.36. The standard InChI is InChI=1S/C16H18N2O4S/c1-3-5-9-22-11-8-6-7-10(14(11)18(20)21)13-15(19)12(4-2)23-16(13)17/h4,6-8,12H,2-3,5,9,17H2,1H3. The van der Waals surface area contributed by atoms with E-state index in [4.69, 9.17) is 10.5 Å². The van der Waals surface area contributed by atoms with E-state index in [-0.39, 0.29) is 33.4 Å². The summed E-state index contributed by atoms with van der Waals surface area (Å²) in [5.74, 6) is -0.114. The molecule has 1 unspecified atom stereocenters. The number of allylic oxidation sites excluding steroid dienone is 1. The molecule has 1 atom stereocenters. The van der Waals surface area contributed by atoms with Gasteiger partial charge in [0.05, 0.1) is 32.9 Å². The summed E-state index contributed by atoms with van der Waals surface area (Å²) in [7, 11) is 0. The average molecular weight is 334 g/mol. The number of ketones is 1. The number of nitrogens with two attached hydrogens (primary N) is 1. The minimum Gasteiger partial charge on any atom is -0.487 e. The number of rotatable bonds is 7. The summed E-state index contributed by atoms with van der Waals surface area (Å²) in [6.45, 7) is 5.98. The molecule has 1 heterocycles. The minimum atomic E-state index is -0.532. The highest BCUT2D eigenvalue weighted by Crippen LogP contribution is 2.43. The fourth-order valence-corrected chi connectivity index (χ4v) is 3.21. The molecular weight excluding hydrogens is 316 g/mol. The van der Waals surface area contributed by atoms with Crippen LogP contribution < -0.4 is 10.5 Å². The van der Waals surface area contributed by atoms with E-state index in [1.54, 1.807) is 6.07 Å². The van der Waals surface area contributed by atoms with Crippen molar-refractivity contribution in [1.29, 1.82) is 0 Å². The molecule has 0 fully saturated rings. The van der Waals surface area contributed by atoms with Gasteiger partial charge in [-0.15, -0.1) is 6.58 Å². The molecule has 0 saturated carbocycles. The molecule has 1 aromatic rings. The van der Waals surface area contributed by atoms with Crippen molar-refractivity contribution >= 4 is 28.8 Å². The number of nitro groups is 1. The fraction of sp³-hybridized carbons (Fsp3) is 0.312. The van der Waals surface area contributed by atoms with Crippen molar-refractivity contribution in [3.63, 3.8) is 0 Å². The second-order valence-corrected chi connectivity index (χ2v) is 6.17. The number of carbonyl (C=O) groups is 1. The molecule has 0 aliphatic carbocycles. The summed E-state index contributed by atoms with van der Waals surface area (Å²) in [4.78, 5) is 23.4. The highest BCUT2D eigenvalue weighted by atomic mass is 32.2. The Morgan fingerprint density at radius 3 is 2.83 bits per heavy atom. The number of ether oxygens (including phenoxy) is 1. The van der Waals surface area contributed by atoms with Crippen LogP contribution in [0.5, 0.6) is 5.75 Å². The van der Waals surface area contributed by atoms with Crippen LogP contribution in [0.15, 0.2) is 35.9 Å². The van der Waals surface area contributed by atoms with Gasteiger partial charge in [-0.05, 0) is 18.6 Å². The predicted octanol–water partition coefficient (Wildman–Crippen LogP) is 3.27. The van der Waals surface area contributed by atoms with Gasteiger partial charge in [0.2, 0.25) is 0 Å². The number of para-hydroxylation sites is 1. The number of hydrogen-bond acceptors (Lipinski definition) is 6. The fourth-order valence-electron chi connectivity index (χ4n) is 2.29. The Morgan fingerprint density at radius 1 is 1.52 bits per heavy atom. The molecule has 122 valence electrons. The Kier molecular flexibility index (Phi) is 5.44. The largest absolute Gasteiger partial charge is 0.487 e. The third kappa shape index (κ3) is 3.39. The maximum Gasteiger partial charge on any atom is 0.318 e. The number of carbonyl (C=O) groups excluding carboxylic acids is 1. The molecule has 0 aromatic heterocycles. The second kappa shape index (κ2) is 7.32. The molecule has 6 nitrogen and oxygen atoms in total. The van der Waals surface area contributed by atoms with Gasteiger partial charge in [-0.3, -0.25) is 14.9 Å². The first-order valence-corrected chi connectivity index (χ1v) is 8.13. The van der Waals surface area contributed by atoms with E-state index in [1.165, 1.54) is 18.2 Å². The molecule has 1 aliphatic heterocycles. The molecular formula is C16H18N2O4S. The van der Waals surface area contributed by atoms with Gasteiger partial charge >= 0.3 is 5.69 Å². The van der Waals surface area contributed by atoms with Crippen LogP contribution in [0, 0.1) is 10.1 Å². The normalized spacial score (nSPS) is 17.4. The van der Waals surface area contributed by atoms with Crippen molar-refractivity contribution in [3.8, 4) is 5.75 Å². The van der Waals surface area contributed by atoms with E-state index in [2.05, 4.69) is 6.58 Å². The maximum atomic E-state index is 12.4. The Balaban J connectivity index is 2.49. The number of unbranched alkanes of at least 4 members (excludes halogenated alkanes) is 1. The quantitative estimate of drug-likeness (QED) is 0.356. The predicted molar refractivity (Wildman–Crippen MR) is 91.2 cm³/mol. The first-order chi connectivity index (χ1) is 11.0. The number of nitro benzene ring substituents is 1. The van der Waals surface area contributed by atoms with Crippen molar-refractivity contribution in [2.75, 3.05) is 6.61 Å². The minimum absolute atomic E-state index is 0.154. The summed E-state index contributed by atoms with van der Waals surface area (Å²) in [5, 5.41) is 11.3. The van der Waals surface area contributed by atoms with Crippen LogP contribution in [0.25, 0.3) is 5.57 Å². The van der Waals surface area contributed by atoms with E-state index in [1.807, 2.05) is 6.92 Å². The lowest BCUT2D eigenvalue weighted by Gasteiger charge is -2.10. The van der Waals surface area contributed by atoms with Crippen molar-refractivity contribution in [2.24, 2.45) is 5.73 Å². The van der Waals surface area contributed by atoms with Gasteiger partial charge in [-0.25, -0.2) is 0 Å². The van der Waals surface area contributed by atoms with Gasteiger partial charge in [0.25, 0.3) is 0 Å². The van der Waals surface area contributed by atoms with Crippen molar-refractivity contribution in [3.05, 3.63) is 51.6 Å². The summed E-state index contributed by atoms with van der Waals surface area (Å²) in [6, 6.07) is 4.69. The SMILES string of the molecule is C=CC1SC(N)=C(c2cccc(OCCCC)c2[N+](=O)[O-])C1=O. The van der Waals surface area contributed by atoms with E-state index in [0.717, 1.165) is 24.6 Å². The van der Waals surface area contributed by atoms with Crippen LogP contribution in [0.2, 0.25) is 0 Å². The van der Waals surface area contributed by atoms with Crippen molar-refractivity contribution in [2.45, 2.75) is 25.0 Å². The Morgan fingerprint density at radius 2 is 2.26 bits per heavy atom. The molecule has 23 heavy (non-hydrogen) atoms. The summed E-state index contributed by atoms with van der Waals surface area (Å²) >= 11 is 1.15. The van der Waals surface area contributed by atoms with Crippen LogP contribution in [0.4, 0.5) is 5.69 Å². The highest BCUT2D eigenvalue weighted by molar-refractivity contribution is 8.05. The zero-order valence-corrected chi connectivity index (χ0v) is 13.6.